The molecule has 0 aliphatic carbocycles. The van der Waals surface area contributed by atoms with E-state index in [2.05, 4.69) is 5.16 Å². The fourth-order valence-electron chi connectivity index (χ4n) is 3.16. The monoisotopic (exact) mass is 445 g/mol. The van der Waals surface area contributed by atoms with E-state index in [1.807, 2.05) is 56.3 Å². The van der Waals surface area contributed by atoms with Gasteiger partial charge < -0.3 is 25.8 Å². The Kier molecular flexibility index (Phi) is 7.70. The third-order valence-electron chi connectivity index (χ3n) is 5.08. The molecule has 0 spiro atoms. The number of benzene rings is 3. The number of anilines is 1. The van der Waals surface area contributed by atoms with Gasteiger partial charge in [-0.1, -0.05) is 41.6 Å². The van der Waals surface area contributed by atoms with E-state index in [1.54, 1.807) is 31.4 Å². The maximum Gasteiger partial charge on any atom is 0.358 e. The molecule has 3 aromatic carbocycles. The number of hydrogen-bond donors (Lipinski definition) is 2. The third-order valence-corrected chi connectivity index (χ3v) is 5.08. The summed E-state index contributed by atoms with van der Waals surface area (Å²) >= 11 is 0. The molecule has 0 radical (unpaired) electrons. The minimum atomic E-state index is -0.659. The maximum absolute atomic E-state index is 12.1. The van der Waals surface area contributed by atoms with Crippen LogP contribution < -0.4 is 20.9 Å². The van der Waals surface area contributed by atoms with Crippen LogP contribution >= 0.6 is 0 Å². The molecule has 0 saturated heterocycles. The molecule has 7 heteroatoms. The van der Waals surface area contributed by atoms with Crippen molar-refractivity contribution in [2.75, 3.05) is 12.8 Å². The van der Waals surface area contributed by atoms with Gasteiger partial charge >= 0.3 is 5.97 Å². The number of amidine groups is 1. The Morgan fingerprint density at radius 1 is 1.03 bits per heavy atom. The molecule has 0 fully saturated rings. The van der Waals surface area contributed by atoms with Crippen molar-refractivity contribution in [1.29, 1.82) is 0 Å². The van der Waals surface area contributed by atoms with Crippen molar-refractivity contribution < 1.29 is 19.1 Å². The summed E-state index contributed by atoms with van der Waals surface area (Å²) < 4.78 is 11.4. The maximum atomic E-state index is 12.1. The Hall–Kier alpha value is -4.26. The third kappa shape index (κ3) is 6.13. The predicted molar refractivity (Wildman–Crippen MR) is 130 cm³/mol. The Labute approximate surface area is 193 Å². The van der Waals surface area contributed by atoms with Crippen LogP contribution in [-0.4, -0.2) is 18.9 Å². The van der Waals surface area contributed by atoms with E-state index in [4.69, 9.17) is 25.8 Å². The summed E-state index contributed by atoms with van der Waals surface area (Å²) in [6.07, 6.45) is 2.90. The lowest BCUT2D eigenvalue weighted by Crippen LogP contribution is -2.16. The number of methoxy groups -OCH3 is 1. The van der Waals surface area contributed by atoms with Crippen LogP contribution in [0, 0.1) is 13.8 Å². The number of rotatable bonds is 8. The Morgan fingerprint density at radius 2 is 1.82 bits per heavy atom. The minimum Gasteiger partial charge on any atom is -0.496 e. The number of oxime groups is 1. The summed E-state index contributed by atoms with van der Waals surface area (Å²) in [5.74, 6) is 0.905. The number of nitrogens with two attached hydrogens (primary N) is 2. The lowest BCUT2D eigenvalue weighted by Gasteiger charge is -2.12. The molecule has 0 atom stereocenters. The first-order valence-corrected chi connectivity index (χ1v) is 10.3. The average Bonchev–Trinajstić information content (AvgIpc) is 2.82. The zero-order valence-corrected chi connectivity index (χ0v) is 18.9. The molecule has 0 aliphatic rings. The molecular weight excluding hydrogens is 418 g/mol. The second kappa shape index (κ2) is 10.9. The summed E-state index contributed by atoms with van der Waals surface area (Å²) in [6, 6.07) is 18.6. The van der Waals surface area contributed by atoms with Gasteiger partial charge in [-0.25, -0.2) is 4.79 Å². The molecule has 4 N–H and O–H groups in total. The zero-order chi connectivity index (χ0) is 23.8. The highest BCUT2D eigenvalue weighted by atomic mass is 16.7. The first-order chi connectivity index (χ1) is 15.9. The molecule has 170 valence electrons. The Bertz CT molecular complexity index is 1200. The lowest BCUT2D eigenvalue weighted by atomic mass is 10.1. The number of carbonyl (C=O) groups is 1. The summed E-state index contributed by atoms with van der Waals surface area (Å²) in [5, 5.41) is 3.72. The van der Waals surface area contributed by atoms with Crippen LogP contribution in [0.1, 0.15) is 27.8 Å². The summed E-state index contributed by atoms with van der Waals surface area (Å²) in [4.78, 5) is 17.0. The van der Waals surface area contributed by atoms with Gasteiger partial charge in [0.15, 0.2) is 5.84 Å². The van der Waals surface area contributed by atoms with Gasteiger partial charge in [0.2, 0.25) is 0 Å². The second-order valence-corrected chi connectivity index (χ2v) is 7.37. The molecule has 0 unspecified atom stereocenters. The molecule has 0 saturated carbocycles. The van der Waals surface area contributed by atoms with Gasteiger partial charge in [0.05, 0.1) is 7.11 Å². The van der Waals surface area contributed by atoms with Crippen molar-refractivity contribution in [2.24, 2.45) is 10.9 Å². The number of nitrogen functional groups attached to an aromatic ring is 1. The van der Waals surface area contributed by atoms with Gasteiger partial charge in [-0.15, -0.1) is 0 Å². The van der Waals surface area contributed by atoms with Gasteiger partial charge in [-0.3, -0.25) is 0 Å². The van der Waals surface area contributed by atoms with E-state index in [0.29, 0.717) is 23.6 Å². The fraction of sp³-hybridized carbons (Fsp3) is 0.154. The number of carbonyl (C=O) groups excluding carboxylic acids is 1. The molecule has 3 rings (SSSR count). The molecule has 33 heavy (non-hydrogen) atoms. The summed E-state index contributed by atoms with van der Waals surface area (Å²) in [5.41, 5.74) is 16.4. The Morgan fingerprint density at radius 3 is 2.58 bits per heavy atom. The first-order valence-electron chi connectivity index (χ1n) is 10.3. The number of hydrogen-bond acceptors (Lipinski definition) is 6. The van der Waals surface area contributed by atoms with Gasteiger partial charge in [0.25, 0.3) is 0 Å². The molecule has 0 amide bonds. The highest BCUT2D eigenvalue weighted by molar-refractivity contribution is 6.00. The van der Waals surface area contributed by atoms with Crippen LogP contribution in [0.25, 0.3) is 6.08 Å². The topological polar surface area (TPSA) is 109 Å². The van der Waals surface area contributed by atoms with Gasteiger partial charge in [0.1, 0.15) is 18.1 Å². The molecule has 0 aliphatic heterocycles. The molecule has 0 heterocycles. The van der Waals surface area contributed by atoms with Crippen LogP contribution in [0.3, 0.4) is 0 Å². The van der Waals surface area contributed by atoms with Crippen LogP contribution in [0.4, 0.5) is 5.69 Å². The number of para-hydroxylation sites is 1. The molecule has 3 aromatic rings. The summed E-state index contributed by atoms with van der Waals surface area (Å²) in [6.45, 7) is 4.13. The van der Waals surface area contributed by atoms with Crippen molar-refractivity contribution in [3.63, 3.8) is 0 Å². The van der Waals surface area contributed by atoms with Crippen molar-refractivity contribution in [1.82, 2.24) is 0 Å². The predicted octanol–water partition coefficient (Wildman–Crippen LogP) is 4.35. The average molecular weight is 446 g/mol. The smallest absolute Gasteiger partial charge is 0.358 e. The van der Waals surface area contributed by atoms with Crippen molar-refractivity contribution in [2.45, 2.75) is 20.5 Å². The molecule has 0 bridgehead atoms. The van der Waals surface area contributed by atoms with E-state index >= 15 is 0 Å². The standard InChI is InChI=1S/C26H27N3O4/c1-17-7-4-5-10-23(17)32-16-20-15-19(11-13-24(20)31-3)12-14-25(30)33-29-26(28)21-8-6-9-22(27)18(21)2/h4-15H,16,27H2,1-3H3,(H2,28,29)/b14-12-. The van der Waals surface area contributed by atoms with Gasteiger partial charge in [-0.05, 0) is 60.9 Å². The van der Waals surface area contributed by atoms with E-state index in [1.165, 1.54) is 6.08 Å². The van der Waals surface area contributed by atoms with Crippen LogP contribution in [0.15, 0.2) is 71.9 Å². The van der Waals surface area contributed by atoms with Gasteiger partial charge in [0, 0.05) is 22.9 Å². The number of nitrogens with zero attached hydrogens (tertiary/aromatic N) is 1. The summed E-state index contributed by atoms with van der Waals surface area (Å²) in [7, 11) is 1.60. The number of ether oxygens (including phenoxy) is 2. The molecule has 7 nitrogen and oxygen atoms in total. The normalized spacial score (nSPS) is 11.4. The highest BCUT2D eigenvalue weighted by Crippen LogP contribution is 2.24. The van der Waals surface area contributed by atoms with E-state index in [0.717, 1.165) is 28.0 Å². The quantitative estimate of drug-likeness (QED) is 0.133. The van der Waals surface area contributed by atoms with E-state index < -0.39 is 5.97 Å². The van der Waals surface area contributed by atoms with Gasteiger partial charge in [-0.2, -0.15) is 0 Å². The molecule has 0 aromatic heterocycles. The van der Waals surface area contributed by atoms with Crippen LogP contribution in [0.5, 0.6) is 11.5 Å². The van der Waals surface area contributed by atoms with Crippen molar-refractivity contribution in [3.05, 3.63) is 94.6 Å². The van der Waals surface area contributed by atoms with E-state index in [-0.39, 0.29) is 5.84 Å². The SMILES string of the molecule is COc1ccc(/C=C\C(=O)O/N=C(\N)c2cccc(N)c2C)cc1COc1ccccc1C. The minimum absolute atomic E-state index is 0.0710. The van der Waals surface area contributed by atoms with Crippen molar-refractivity contribution >= 4 is 23.6 Å². The largest absolute Gasteiger partial charge is 0.496 e. The zero-order valence-electron chi connectivity index (χ0n) is 18.9. The first kappa shape index (κ1) is 23.4. The van der Waals surface area contributed by atoms with Crippen molar-refractivity contribution in [3.8, 4) is 11.5 Å². The Balaban J connectivity index is 1.67. The number of aryl methyl sites for hydroxylation is 1. The lowest BCUT2D eigenvalue weighted by molar-refractivity contribution is -0.137. The van der Waals surface area contributed by atoms with Crippen LogP contribution in [0.2, 0.25) is 0 Å². The fourth-order valence-corrected chi connectivity index (χ4v) is 3.16. The second-order valence-electron chi connectivity index (χ2n) is 7.37. The van der Waals surface area contributed by atoms with E-state index in [9.17, 15) is 4.79 Å². The van der Waals surface area contributed by atoms with Crippen LogP contribution in [-0.2, 0) is 16.2 Å². The highest BCUT2D eigenvalue weighted by Gasteiger charge is 2.08. The molecular formula is C26H27N3O4.